The molecule has 0 radical (unpaired) electrons. The monoisotopic (exact) mass is 424 g/mol. The number of nitrogens with one attached hydrogen (secondary N) is 1. The molecule has 7 nitrogen and oxygen atoms in total. The number of hydrogen-bond donors (Lipinski definition) is 1. The average molecular weight is 424 g/mol. The third kappa shape index (κ3) is 5.68. The molecule has 0 saturated heterocycles. The van der Waals surface area contributed by atoms with E-state index in [1.165, 1.54) is 26.1 Å². The molecule has 2 rings (SSSR count). The molecule has 1 amide bonds. The SMILES string of the molecule is CCOc1ccc(NC(=O)CN(C)S(=O)(=O)c2ccc(C)c(F)c2)cc1OCC. The lowest BCUT2D eigenvalue weighted by Crippen LogP contribution is -2.35. The number of carbonyl (C=O) groups is 1. The van der Waals surface area contributed by atoms with Crippen LogP contribution in [0.25, 0.3) is 0 Å². The predicted molar refractivity (Wildman–Crippen MR) is 108 cm³/mol. The Balaban J connectivity index is 2.11. The molecule has 9 heteroatoms. The zero-order chi connectivity index (χ0) is 21.6. The topological polar surface area (TPSA) is 84.9 Å². The molecule has 1 N–H and O–H groups in total. The first-order valence-corrected chi connectivity index (χ1v) is 10.5. The number of nitrogens with zero attached hydrogens (tertiary/aromatic N) is 1. The standard InChI is InChI=1S/C20H25FN2O5S/c1-5-27-18-10-8-15(11-19(18)28-6-2)22-20(24)13-23(4)29(25,26)16-9-7-14(3)17(21)12-16/h7-12H,5-6,13H2,1-4H3,(H,22,24). The van der Waals surface area contributed by atoms with Gasteiger partial charge in [0.2, 0.25) is 15.9 Å². The average Bonchev–Trinajstić information content (AvgIpc) is 2.66. The van der Waals surface area contributed by atoms with E-state index in [1.54, 1.807) is 18.2 Å². The highest BCUT2D eigenvalue weighted by Crippen LogP contribution is 2.30. The first-order chi connectivity index (χ1) is 13.7. The van der Waals surface area contributed by atoms with Gasteiger partial charge in [-0.2, -0.15) is 4.31 Å². The number of ether oxygens (including phenoxy) is 2. The van der Waals surface area contributed by atoms with Crippen LogP contribution in [0, 0.1) is 12.7 Å². The molecular weight excluding hydrogens is 399 g/mol. The van der Waals surface area contributed by atoms with E-state index in [1.807, 2.05) is 13.8 Å². The summed E-state index contributed by atoms with van der Waals surface area (Å²) >= 11 is 0. The van der Waals surface area contributed by atoms with E-state index in [0.29, 0.717) is 36.0 Å². The zero-order valence-electron chi connectivity index (χ0n) is 16.9. The van der Waals surface area contributed by atoms with Crippen LogP contribution in [0.15, 0.2) is 41.3 Å². The van der Waals surface area contributed by atoms with E-state index in [4.69, 9.17) is 9.47 Å². The molecule has 2 aromatic rings. The van der Waals surface area contributed by atoms with Gasteiger partial charge in [-0.3, -0.25) is 4.79 Å². The van der Waals surface area contributed by atoms with E-state index in [9.17, 15) is 17.6 Å². The van der Waals surface area contributed by atoms with Crippen molar-refractivity contribution in [3.63, 3.8) is 0 Å². The van der Waals surface area contributed by atoms with Crippen molar-refractivity contribution in [1.82, 2.24) is 4.31 Å². The molecule has 29 heavy (non-hydrogen) atoms. The van der Waals surface area contributed by atoms with E-state index in [2.05, 4.69) is 5.32 Å². The number of hydrogen-bond acceptors (Lipinski definition) is 5. The number of benzene rings is 2. The van der Waals surface area contributed by atoms with Gasteiger partial charge in [0, 0.05) is 18.8 Å². The molecule has 0 atom stereocenters. The molecular formula is C20H25FN2O5S. The van der Waals surface area contributed by atoms with E-state index in [0.717, 1.165) is 10.4 Å². The van der Waals surface area contributed by atoms with Gasteiger partial charge in [-0.1, -0.05) is 6.07 Å². The van der Waals surface area contributed by atoms with Crippen molar-refractivity contribution < 1.29 is 27.1 Å². The maximum Gasteiger partial charge on any atom is 0.243 e. The van der Waals surface area contributed by atoms with Crippen molar-refractivity contribution in [3.05, 3.63) is 47.8 Å². The van der Waals surface area contributed by atoms with Gasteiger partial charge in [0.25, 0.3) is 0 Å². The molecule has 0 bridgehead atoms. The van der Waals surface area contributed by atoms with E-state index < -0.39 is 28.3 Å². The van der Waals surface area contributed by atoms with E-state index >= 15 is 0 Å². The first-order valence-electron chi connectivity index (χ1n) is 9.11. The highest BCUT2D eigenvalue weighted by atomic mass is 32.2. The number of amides is 1. The summed E-state index contributed by atoms with van der Waals surface area (Å²) in [7, 11) is -2.75. The highest BCUT2D eigenvalue weighted by Gasteiger charge is 2.24. The Bertz CT molecular complexity index is 979. The summed E-state index contributed by atoms with van der Waals surface area (Å²) in [4.78, 5) is 12.1. The summed E-state index contributed by atoms with van der Waals surface area (Å²) in [6.07, 6.45) is 0. The van der Waals surface area contributed by atoms with Gasteiger partial charge in [0.1, 0.15) is 5.82 Å². The maximum absolute atomic E-state index is 13.7. The van der Waals surface area contributed by atoms with Gasteiger partial charge in [0.05, 0.1) is 24.7 Å². The lowest BCUT2D eigenvalue weighted by molar-refractivity contribution is -0.116. The molecule has 0 spiro atoms. The lowest BCUT2D eigenvalue weighted by Gasteiger charge is -2.18. The minimum atomic E-state index is -4.01. The third-order valence-electron chi connectivity index (χ3n) is 4.04. The van der Waals surface area contributed by atoms with Crippen LogP contribution in [-0.4, -0.2) is 45.4 Å². The van der Waals surface area contributed by atoms with Crippen molar-refractivity contribution in [2.45, 2.75) is 25.7 Å². The Kier molecular flexibility index (Phi) is 7.58. The van der Waals surface area contributed by atoms with Crippen molar-refractivity contribution in [3.8, 4) is 11.5 Å². The number of aryl methyl sites for hydroxylation is 1. The summed E-state index contributed by atoms with van der Waals surface area (Å²) in [5, 5.41) is 2.63. The molecule has 0 aliphatic heterocycles. The first kappa shape index (κ1) is 22.6. The van der Waals surface area contributed by atoms with Crippen LogP contribution >= 0.6 is 0 Å². The number of likely N-dealkylation sites (N-methyl/N-ethyl adjacent to an activating group) is 1. The van der Waals surface area contributed by atoms with Crippen LogP contribution in [0.4, 0.5) is 10.1 Å². The molecule has 0 unspecified atom stereocenters. The van der Waals surface area contributed by atoms with Gasteiger partial charge < -0.3 is 14.8 Å². The van der Waals surface area contributed by atoms with Crippen LogP contribution in [0.5, 0.6) is 11.5 Å². The summed E-state index contributed by atoms with van der Waals surface area (Å²) in [5.41, 5.74) is 0.777. The lowest BCUT2D eigenvalue weighted by atomic mass is 10.2. The molecule has 2 aromatic carbocycles. The number of anilines is 1. The normalized spacial score (nSPS) is 11.4. The van der Waals surface area contributed by atoms with Crippen LogP contribution in [-0.2, 0) is 14.8 Å². The van der Waals surface area contributed by atoms with Gasteiger partial charge in [0.15, 0.2) is 11.5 Å². The Labute approximate surface area is 170 Å². The quantitative estimate of drug-likeness (QED) is 0.668. The van der Waals surface area contributed by atoms with Crippen LogP contribution < -0.4 is 14.8 Å². The van der Waals surface area contributed by atoms with Crippen LogP contribution in [0.1, 0.15) is 19.4 Å². The number of carbonyl (C=O) groups excluding carboxylic acids is 1. The third-order valence-corrected chi connectivity index (χ3v) is 5.84. The fraction of sp³-hybridized carbons (Fsp3) is 0.350. The molecule has 0 aliphatic carbocycles. The summed E-state index contributed by atoms with van der Waals surface area (Å²) in [5.74, 6) is -0.145. The summed E-state index contributed by atoms with van der Waals surface area (Å²) in [6.45, 7) is 5.67. The van der Waals surface area contributed by atoms with Crippen molar-refractivity contribution in [2.24, 2.45) is 0 Å². The molecule has 0 aromatic heterocycles. The van der Waals surface area contributed by atoms with E-state index in [-0.39, 0.29) is 4.90 Å². The van der Waals surface area contributed by atoms with Gasteiger partial charge >= 0.3 is 0 Å². The highest BCUT2D eigenvalue weighted by molar-refractivity contribution is 7.89. The second-order valence-corrected chi connectivity index (χ2v) is 8.29. The molecule has 0 heterocycles. The second kappa shape index (κ2) is 9.71. The molecule has 158 valence electrons. The van der Waals surface area contributed by atoms with Crippen molar-refractivity contribution in [2.75, 3.05) is 32.1 Å². The minimum absolute atomic E-state index is 0.212. The Morgan fingerprint density at radius 2 is 1.72 bits per heavy atom. The van der Waals surface area contributed by atoms with Gasteiger partial charge in [-0.05, 0) is 50.6 Å². The van der Waals surface area contributed by atoms with Gasteiger partial charge in [-0.15, -0.1) is 0 Å². The minimum Gasteiger partial charge on any atom is -0.490 e. The smallest absolute Gasteiger partial charge is 0.243 e. The fourth-order valence-electron chi connectivity index (χ4n) is 2.53. The summed E-state index contributed by atoms with van der Waals surface area (Å²) < 4.78 is 50.7. The summed E-state index contributed by atoms with van der Waals surface area (Å²) in [6, 6.07) is 8.54. The van der Waals surface area contributed by atoms with Crippen molar-refractivity contribution in [1.29, 1.82) is 0 Å². The Morgan fingerprint density at radius 1 is 1.07 bits per heavy atom. The molecule has 0 fully saturated rings. The molecule has 0 saturated carbocycles. The largest absolute Gasteiger partial charge is 0.490 e. The number of sulfonamides is 1. The molecule has 0 aliphatic rings. The number of rotatable bonds is 9. The Morgan fingerprint density at radius 3 is 2.34 bits per heavy atom. The fourth-order valence-corrected chi connectivity index (χ4v) is 3.67. The number of halogens is 1. The zero-order valence-corrected chi connectivity index (χ0v) is 17.7. The maximum atomic E-state index is 13.7. The Hall–Kier alpha value is -2.65. The second-order valence-electron chi connectivity index (χ2n) is 6.25. The predicted octanol–water partition coefficient (Wildman–Crippen LogP) is 3.19. The van der Waals surface area contributed by atoms with Crippen LogP contribution in [0.3, 0.4) is 0 Å². The van der Waals surface area contributed by atoms with Crippen LogP contribution in [0.2, 0.25) is 0 Å². The van der Waals surface area contributed by atoms with Gasteiger partial charge in [-0.25, -0.2) is 12.8 Å². The van der Waals surface area contributed by atoms with Crippen molar-refractivity contribution >= 4 is 21.6 Å².